The Morgan fingerprint density at radius 3 is 2.16 bits per heavy atom. The van der Waals surface area contributed by atoms with Gasteiger partial charge in [-0.25, -0.2) is 26.4 Å². The number of benzene rings is 4. The highest BCUT2D eigenvalue weighted by Gasteiger charge is 2.29. The predicted molar refractivity (Wildman–Crippen MR) is 235 cm³/mol. The number of hydrogen-bond donors (Lipinski definition) is 2. The molecule has 20 heteroatoms. The van der Waals surface area contributed by atoms with E-state index in [2.05, 4.69) is 50.1 Å². The molecule has 3 aliphatic heterocycles. The van der Waals surface area contributed by atoms with Crippen LogP contribution in [0, 0.1) is 0 Å². The number of anilines is 3. The number of aliphatic carboxylic acids is 1. The third-order valence-corrected chi connectivity index (χ3v) is 11.9. The maximum atomic E-state index is 13.8. The van der Waals surface area contributed by atoms with Crippen LogP contribution in [0.3, 0.4) is 0 Å². The first-order valence-electron chi connectivity index (χ1n) is 20.8. The summed E-state index contributed by atoms with van der Waals surface area (Å²) in [7, 11) is -6.78. The monoisotopic (exact) mass is 928 g/mol. The molecule has 0 saturated heterocycles. The van der Waals surface area contributed by atoms with Gasteiger partial charge in [0.15, 0.2) is 11.5 Å². The number of fused-ring (bicyclic) bond motifs is 4. The highest BCUT2D eigenvalue weighted by molar-refractivity contribution is 7.92. The van der Waals surface area contributed by atoms with E-state index < -0.39 is 32.2 Å². The quantitative estimate of drug-likeness (QED) is 0.137. The van der Waals surface area contributed by atoms with Gasteiger partial charge in [-0.15, -0.1) is 0 Å². The molecule has 0 saturated carbocycles. The Kier molecular flexibility index (Phi) is 15.1. The number of hydrogen-bond acceptors (Lipinski definition) is 11. The first-order valence-corrected chi connectivity index (χ1v) is 24.6. The van der Waals surface area contributed by atoms with E-state index in [1.807, 2.05) is 17.0 Å². The lowest BCUT2D eigenvalue weighted by Gasteiger charge is -2.31. The lowest BCUT2D eigenvalue weighted by molar-refractivity contribution is -0.344. The Morgan fingerprint density at radius 1 is 0.891 bits per heavy atom. The van der Waals surface area contributed by atoms with Gasteiger partial charge in [-0.1, -0.05) is 12.1 Å². The Hall–Kier alpha value is -5.89. The van der Waals surface area contributed by atoms with E-state index in [9.17, 15) is 34.8 Å². The van der Waals surface area contributed by atoms with Crippen molar-refractivity contribution in [3.05, 3.63) is 100 Å². The van der Waals surface area contributed by atoms with Crippen LogP contribution in [0.5, 0.6) is 17.2 Å². The number of carboxylic acids is 1. The molecule has 0 atom stereocenters. The fraction of sp³-hybridized carbons (Fsp3) is 0.409. The average Bonchev–Trinajstić information content (AvgIpc) is 3.22. The van der Waals surface area contributed by atoms with Gasteiger partial charge >= 0.3 is 6.18 Å². The van der Waals surface area contributed by atoms with Gasteiger partial charge in [0.2, 0.25) is 31.3 Å². The number of nitrogens with zero attached hydrogens (tertiary/aromatic N) is 4. The number of sulfonamides is 2. The van der Waals surface area contributed by atoms with Gasteiger partial charge in [-0.3, -0.25) is 14.2 Å². The van der Waals surface area contributed by atoms with E-state index in [-0.39, 0.29) is 12.5 Å². The number of carbonyl (C=O) groups excluding carboxylic acids is 2. The van der Waals surface area contributed by atoms with Crippen molar-refractivity contribution >= 4 is 54.7 Å². The van der Waals surface area contributed by atoms with Gasteiger partial charge in [0.25, 0.3) is 0 Å². The maximum Gasteiger partial charge on any atom is 0.430 e. The molecule has 64 heavy (non-hydrogen) atoms. The summed E-state index contributed by atoms with van der Waals surface area (Å²) in [5, 5.41) is 10.8. The molecule has 0 radical (unpaired) electrons. The molecule has 4 aromatic carbocycles. The smallest absolute Gasteiger partial charge is 0.430 e. The molecular formula is C44H51F3N6O9S2. The molecule has 7 rings (SSSR count). The number of ether oxygens (including phenoxy) is 2. The largest absolute Gasteiger partial charge is 0.542 e. The molecule has 3 heterocycles. The van der Waals surface area contributed by atoms with E-state index in [1.165, 1.54) is 16.8 Å². The number of aryl methyl sites for hydroxylation is 2. The Labute approximate surface area is 370 Å². The molecular weight excluding hydrogens is 878 g/mol. The van der Waals surface area contributed by atoms with Crippen molar-refractivity contribution < 1.29 is 54.2 Å². The van der Waals surface area contributed by atoms with Crippen LogP contribution in [0.2, 0.25) is 0 Å². The Balaban J connectivity index is 0.000000898. The number of rotatable bonds is 16. The zero-order valence-corrected chi connectivity index (χ0v) is 37.4. The molecule has 3 aliphatic rings. The summed E-state index contributed by atoms with van der Waals surface area (Å²) in [6.45, 7) is 6.88. The standard InChI is InChI=1S/C42H51N6O7S2.C2HF3O2/c1-4-46-20-5-8-31-26-36-40(28-38(31)46)55-41-29-39-32(27-37(41)43-36)9-6-21-47(39)22-7-10-42(49)48(23-19-30-11-13-33(14-12-30)44-56(2,50)51)24-25-54-35-17-15-34(16-18-35)45-57(3,52)53;3-2(4,5)1(6)7/h11-18,26-29,44-45H,4-10,19-25H2,1-3H3;(H,6,7)/q+1;/p-1. The van der Waals surface area contributed by atoms with Gasteiger partial charge in [0, 0.05) is 67.6 Å². The van der Waals surface area contributed by atoms with Crippen LogP contribution in [-0.2, 0) is 48.9 Å². The van der Waals surface area contributed by atoms with Crippen molar-refractivity contribution in [2.45, 2.75) is 58.0 Å². The Bertz CT molecular complexity index is 2700. The van der Waals surface area contributed by atoms with Crippen LogP contribution < -0.4 is 44.2 Å². The molecule has 0 spiro atoms. The fourth-order valence-electron chi connectivity index (χ4n) is 7.76. The summed E-state index contributed by atoms with van der Waals surface area (Å²) >= 11 is 0. The molecule has 0 bridgehead atoms. The van der Waals surface area contributed by atoms with Gasteiger partial charge in [-0.05, 0) is 92.3 Å². The van der Waals surface area contributed by atoms with E-state index in [0.717, 1.165) is 97.8 Å². The number of carboxylic acid groups (broad SMARTS) is 1. The minimum atomic E-state index is -5.19. The number of alkyl halides is 3. The van der Waals surface area contributed by atoms with E-state index in [0.29, 0.717) is 49.5 Å². The zero-order valence-electron chi connectivity index (χ0n) is 35.7. The summed E-state index contributed by atoms with van der Waals surface area (Å²) in [6, 6.07) is 22.4. The highest BCUT2D eigenvalue weighted by atomic mass is 32.2. The van der Waals surface area contributed by atoms with Crippen LogP contribution >= 0.6 is 0 Å². The van der Waals surface area contributed by atoms with Crippen molar-refractivity contribution in [3.63, 3.8) is 0 Å². The lowest BCUT2D eigenvalue weighted by atomic mass is 10.00. The SMILES string of the molecule is CCN1CCCc2cc3c(cc21)Oc1cc2c(cc1=N3)CCC[N+]=2CCCC(=O)N(CCOc1ccc(NS(C)(=O)=O)cc1)CCc1ccc(NS(C)(=O)=O)cc1.O=C([O-])C(F)(F)F. The summed E-state index contributed by atoms with van der Waals surface area (Å²) in [6.07, 6.45) is 2.80. The van der Waals surface area contributed by atoms with Crippen molar-refractivity contribution in [2.24, 2.45) is 4.99 Å². The first-order chi connectivity index (χ1) is 30.2. The summed E-state index contributed by atoms with van der Waals surface area (Å²) in [4.78, 5) is 31.9. The van der Waals surface area contributed by atoms with Crippen LogP contribution in [-0.4, -0.2) is 98.2 Å². The second-order valence-electron chi connectivity index (χ2n) is 15.7. The van der Waals surface area contributed by atoms with Crippen molar-refractivity contribution in [2.75, 3.05) is 72.7 Å². The number of amides is 1. The molecule has 2 N–H and O–H groups in total. The normalized spacial score (nSPS) is 14.2. The van der Waals surface area contributed by atoms with Crippen molar-refractivity contribution in [1.82, 2.24) is 9.48 Å². The van der Waals surface area contributed by atoms with Crippen LogP contribution in [0.4, 0.5) is 35.9 Å². The molecule has 344 valence electrons. The third-order valence-electron chi connectivity index (χ3n) is 10.7. The number of halogens is 3. The zero-order chi connectivity index (χ0) is 46.2. The predicted octanol–water partition coefficient (Wildman–Crippen LogP) is 3.93. The molecule has 4 aromatic rings. The molecule has 1 amide bonds. The van der Waals surface area contributed by atoms with Gasteiger partial charge < -0.3 is 29.2 Å². The molecule has 0 aromatic heterocycles. The second-order valence-corrected chi connectivity index (χ2v) is 19.2. The fourth-order valence-corrected chi connectivity index (χ4v) is 8.89. The number of nitrogens with one attached hydrogen (secondary N) is 2. The summed E-state index contributed by atoms with van der Waals surface area (Å²) in [5.41, 5.74) is 6.59. The van der Waals surface area contributed by atoms with E-state index in [4.69, 9.17) is 24.4 Å². The highest BCUT2D eigenvalue weighted by Crippen LogP contribution is 2.41. The molecule has 0 unspecified atom stereocenters. The van der Waals surface area contributed by atoms with Crippen molar-refractivity contribution in [1.29, 1.82) is 0 Å². The molecule has 0 fully saturated rings. The van der Waals surface area contributed by atoms with E-state index in [1.54, 1.807) is 36.4 Å². The topological polar surface area (TPSA) is 190 Å². The number of carbonyl (C=O) groups is 2. The molecule has 15 nitrogen and oxygen atoms in total. The summed E-state index contributed by atoms with van der Waals surface area (Å²) < 4.78 is 97.8. The summed E-state index contributed by atoms with van der Waals surface area (Å²) in [5.74, 6) is -0.874. The Morgan fingerprint density at radius 2 is 1.53 bits per heavy atom. The van der Waals surface area contributed by atoms with E-state index >= 15 is 0 Å². The third kappa shape index (κ3) is 13.3. The average molecular weight is 929 g/mol. The van der Waals surface area contributed by atoms with Crippen LogP contribution in [0.1, 0.15) is 49.3 Å². The van der Waals surface area contributed by atoms with Crippen molar-refractivity contribution in [3.8, 4) is 17.2 Å². The maximum absolute atomic E-state index is 13.8. The minimum Gasteiger partial charge on any atom is -0.542 e. The van der Waals surface area contributed by atoms with Gasteiger partial charge in [0.1, 0.15) is 42.5 Å². The second kappa shape index (κ2) is 20.3. The minimum absolute atomic E-state index is 0.0209. The van der Waals surface area contributed by atoms with Crippen LogP contribution in [0.15, 0.2) is 77.8 Å². The first kappa shape index (κ1) is 47.6. The molecule has 0 aliphatic carbocycles. The van der Waals surface area contributed by atoms with Gasteiger partial charge in [0.05, 0.1) is 25.1 Å². The van der Waals surface area contributed by atoms with Crippen LogP contribution in [0.25, 0.3) is 0 Å². The van der Waals surface area contributed by atoms with Gasteiger partial charge in [-0.2, -0.15) is 13.2 Å². The lowest BCUT2D eigenvalue weighted by Crippen LogP contribution is -2.40.